The van der Waals surface area contributed by atoms with E-state index < -0.39 is 26.9 Å². The molecule has 5 atom stereocenters. The monoisotopic (exact) mass is 499 g/mol. The SMILES string of the molecule is CC1CCC(c2ccccc2)S(=O)(=O)N1Cc1cc(F)c(N2C[C@@H]3C(n4cnnc4)[C@@H]3C2)cc1F. The summed E-state index contributed by atoms with van der Waals surface area (Å²) in [6.07, 6.45) is 4.55. The van der Waals surface area contributed by atoms with Gasteiger partial charge in [-0.25, -0.2) is 17.2 Å². The van der Waals surface area contributed by atoms with Crippen LogP contribution in [0.5, 0.6) is 0 Å². The summed E-state index contributed by atoms with van der Waals surface area (Å²) in [6, 6.07) is 11.5. The van der Waals surface area contributed by atoms with Crippen molar-refractivity contribution < 1.29 is 17.2 Å². The van der Waals surface area contributed by atoms with E-state index in [2.05, 4.69) is 10.2 Å². The van der Waals surface area contributed by atoms with E-state index >= 15 is 8.78 Å². The van der Waals surface area contributed by atoms with Crippen molar-refractivity contribution >= 4 is 15.7 Å². The zero-order valence-electron chi connectivity index (χ0n) is 19.3. The van der Waals surface area contributed by atoms with Crippen molar-refractivity contribution in [2.75, 3.05) is 18.0 Å². The highest BCUT2D eigenvalue weighted by atomic mass is 32.2. The maximum atomic E-state index is 15.2. The number of nitrogens with zero attached hydrogens (tertiary/aromatic N) is 5. The van der Waals surface area contributed by atoms with Crippen molar-refractivity contribution in [3.8, 4) is 0 Å². The van der Waals surface area contributed by atoms with Crippen molar-refractivity contribution in [3.05, 3.63) is 77.9 Å². The summed E-state index contributed by atoms with van der Waals surface area (Å²) in [4.78, 5) is 1.88. The van der Waals surface area contributed by atoms with Crippen LogP contribution in [0.15, 0.2) is 55.1 Å². The molecule has 3 unspecified atom stereocenters. The van der Waals surface area contributed by atoms with Crippen molar-refractivity contribution in [1.29, 1.82) is 0 Å². The van der Waals surface area contributed by atoms with E-state index in [4.69, 9.17) is 0 Å². The highest BCUT2D eigenvalue weighted by Crippen LogP contribution is 2.56. The topological polar surface area (TPSA) is 71.3 Å². The van der Waals surface area contributed by atoms with Gasteiger partial charge in [0.2, 0.25) is 10.0 Å². The van der Waals surface area contributed by atoms with Gasteiger partial charge < -0.3 is 9.47 Å². The smallest absolute Gasteiger partial charge is 0.221 e. The van der Waals surface area contributed by atoms with Crippen LogP contribution in [0.1, 0.15) is 42.2 Å². The number of hydrogen-bond acceptors (Lipinski definition) is 5. The quantitative estimate of drug-likeness (QED) is 0.532. The van der Waals surface area contributed by atoms with Crippen LogP contribution in [0.4, 0.5) is 14.5 Å². The average Bonchev–Trinajstić information content (AvgIpc) is 3.21. The molecule has 35 heavy (non-hydrogen) atoms. The molecule has 6 rings (SSSR count). The van der Waals surface area contributed by atoms with Crippen LogP contribution in [-0.2, 0) is 16.6 Å². The Morgan fingerprint density at radius 1 is 0.971 bits per heavy atom. The van der Waals surface area contributed by atoms with Crippen molar-refractivity contribution in [2.24, 2.45) is 11.8 Å². The molecule has 0 bridgehead atoms. The minimum atomic E-state index is -3.73. The maximum absolute atomic E-state index is 15.2. The number of benzene rings is 2. The lowest BCUT2D eigenvalue weighted by Crippen LogP contribution is -2.44. The molecule has 1 aliphatic carbocycles. The summed E-state index contributed by atoms with van der Waals surface area (Å²) >= 11 is 0. The van der Waals surface area contributed by atoms with E-state index in [1.165, 1.54) is 16.4 Å². The highest BCUT2D eigenvalue weighted by Gasteiger charge is 2.57. The number of sulfonamides is 1. The molecule has 3 heterocycles. The van der Waals surface area contributed by atoms with E-state index in [0.29, 0.717) is 43.8 Å². The zero-order chi connectivity index (χ0) is 24.3. The van der Waals surface area contributed by atoms with Gasteiger partial charge in [-0.15, -0.1) is 10.2 Å². The molecule has 0 N–H and O–H groups in total. The highest BCUT2D eigenvalue weighted by molar-refractivity contribution is 7.89. The van der Waals surface area contributed by atoms with Crippen LogP contribution in [0.2, 0.25) is 0 Å². The number of fused-ring (bicyclic) bond motifs is 1. The standard InChI is InChI=1S/C25H27F2N5O2S/c1-16-7-8-24(17-5-3-2-4-6-17)35(33,34)32(16)11-18-9-22(27)23(10-21(18)26)30-12-19-20(13-30)25(19)31-14-28-29-15-31/h2-6,9-10,14-16,19-20,24-25H,7-8,11-13H2,1H3/t16?,19-,20+,24?,25?. The Balaban J connectivity index is 1.20. The Morgan fingerprint density at radius 3 is 2.34 bits per heavy atom. The number of piperidine rings is 1. The minimum absolute atomic E-state index is 0.0575. The Labute approximate surface area is 203 Å². The fourth-order valence-electron chi connectivity index (χ4n) is 5.96. The third-order valence-electron chi connectivity index (χ3n) is 7.91. The second-order valence-electron chi connectivity index (χ2n) is 9.94. The third-order valence-corrected chi connectivity index (χ3v) is 10.3. The van der Waals surface area contributed by atoms with Crippen LogP contribution in [0, 0.1) is 23.5 Å². The average molecular weight is 500 g/mol. The molecule has 10 heteroatoms. The molecule has 7 nitrogen and oxygen atoms in total. The fraction of sp³-hybridized carbons (Fsp3) is 0.440. The molecule has 2 aromatic carbocycles. The molecule has 2 saturated heterocycles. The molecule has 0 spiro atoms. The van der Waals surface area contributed by atoms with Gasteiger partial charge in [0.25, 0.3) is 0 Å². The first-order valence-electron chi connectivity index (χ1n) is 12.0. The van der Waals surface area contributed by atoms with Crippen LogP contribution < -0.4 is 4.90 Å². The zero-order valence-corrected chi connectivity index (χ0v) is 20.2. The summed E-state index contributed by atoms with van der Waals surface area (Å²) in [6.45, 7) is 2.92. The fourth-order valence-corrected chi connectivity index (χ4v) is 8.15. The Hall–Kier alpha value is -2.85. The first-order valence-corrected chi connectivity index (χ1v) is 13.5. The molecule has 3 aromatic rings. The van der Waals surface area contributed by atoms with Gasteiger partial charge in [0.1, 0.15) is 29.5 Å². The minimum Gasteiger partial charge on any atom is -0.368 e. The summed E-state index contributed by atoms with van der Waals surface area (Å²) in [5, 5.41) is 7.02. The maximum Gasteiger partial charge on any atom is 0.221 e. The van der Waals surface area contributed by atoms with Gasteiger partial charge in [0, 0.05) is 55.2 Å². The molecule has 184 valence electrons. The second-order valence-corrected chi connectivity index (χ2v) is 12.0. The van der Waals surface area contributed by atoms with E-state index in [9.17, 15) is 8.42 Å². The molecule has 3 aliphatic rings. The predicted octanol–water partition coefficient (Wildman–Crippen LogP) is 3.92. The Morgan fingerprint density at radius 2 is 1.66 bits per heavy atom. The number of hydrogen-bond donors (Lipinski definition) is 0. The van der Waals surface area contributed by atoms with Gasteiger partial charge in [-0.3, -0.25) is 0 Å². The number of halogens is 2. The Bertz CT molecular complexity index is 1320. The van der Waals surface area contributed by atoms with Crippen molar-refractivity contribution in [1.82, 2.24) is 19.1 Å². The summed E-state index contributed by atoms with van der Waals surface area (Å²) in [5.41, 5.74) is 1.02. The van der Waals surface area contributed by atoms with Crippen molar-refractivity contribution in [2.45, 2.75) is 43.6 Å². The van der Waals surface area contributed by atoms with Gasteiger partial charge in [0.05, 0.1) is 5.69 Å². The van der Waals surface area contributed by atoms with Gasteiger partial charge in [-0.05, 0) is 31.4 Å². The number of rotatable bonds is 5. The van der Waals surface area contributed by atoms with Crippen molar-refractivity contribution in [3.63, 3.8) is 0 Å². The van der Waals surface area contributed by atoms with E-state index in [1.54, 1.807) is 24.8 Å². The Kier molecular flexibility index (Phi) is 5.41. The molecule has 0 amide bonds. The molecule has 3 fully saturated rings. The first kappa shape index (κ1) is 22.6. The summed E-state index contributed by atoms with van der Waals surface area (Å²) in [7, 11) is -3.73. The van der Waals surface area contributed by atoms with E-state index in [0.717, 1.165) is 5.56 Å². The van der Waals surface area contributed by atoms with Gasteiger partial charge >= 0.3 is 0 Å². The normalized spacial score (nSPS) is 29.8. The van der Waals surface area contributed by atoms with E-state index in [1.807, 2.05) is 34.6 Å². The van der Waals surface area contributed by atoms with Crippen LogP contribution in [0.3, 0.4) is 0 Å². The second kappa shape index (κ2) is 8.37. The lowest BCUT2D eigenvalue weighted by molar-refractivity contribution is 0.279. The molecular formula is C25H27F2N5O2S. The van der Waals surface area contributed by atoms with Crippen LogP contribution >= 0.6 is 0 Å². The number of anilines is 1. The predicted molar refractivity (Wildman–Crippen MR) is 127 cm³/mol. The van der Waals surface area contributed by atoms with Gasteiger partial charge in [-0.1, -0.05) is 30.3 Å². The third kappa shape index (κ3) is 3.83. The van der Waals surface area contributed by atoms with Gasteiger partial charge in [-0.2, -0.15) is 4.31 Å². The van der Waals surface area contributed by atoms with Crippen LogP contribution in [-0.4, -0.2) is 46.6 Å². The first-order chi connectivity index (χ1) is 16.8. The molecule has 2 aliphatic heterocycles. The molecule has 0 radical (unpaired) electrons. The lowest BCUT2D eigenvalue weighted by Gasteiger charge is -2.37. The molecular weight excluding hydrogens is 472 g/mol. The summed E-state index contributed by atoms with van der Waals surface area (Å²) < 4.78 is 60.6. The van der Waals surface area contributed by atoms with Crippen LogP contribution in [0.25, 0.3) is 0 Å². The number of aromatic nitrogens is 3. The molecule has 1 aromatic heterocycles. The lowest BCUT2D eigenvalue weighted by atomic mass is 10.0. The van der Waals surface area contributed by atoms with E-state index in [-0.39, 0.29) is 23.8 Å². The molecule has 1 saturated carbocycles. The van der Waals surface area contributed by atoms with Gasteiger partial charge in [0.15, 0.2) is 0 Å². The summed E-state index contributed by atoms with van der Waals surface area (Å²) in [5.74, 6) is -0.378. The largest absolute Gasteiger partial charge is 0.368 e.